The van der Waals surface area contributed by atoms with Gasteiger partial charge in [-0.3, -0.25) is 9.59 Å². The van der Waals surface area contributed by atoms with E-state index < -0.39 is 17.7 Å². The number of aromatic nitrogens is 3. The molecule has 0 unspecified atom stereocenters. The van der Waals surface area contributed by atoms with Gasteiger partial charge in [-0.2, -0.15) is 18.3 Å². The number of nitrogens with zero attached hydrogens (tertiary/aromatic N) is 3. The van der Waals surface area contributed by atoms with Crippen molar-refractivity contribution in [3.8, 4) is 5.82 Å². The highest BCUT2D eigenvalue weighted by atomic mass is 19.4. The number of hydrogen-bond acceptors (Lipinski definition) is 5. The third-order valence-corrected chi connectivity index (χ3v) is 5.20. The van der Waals surface area contributed by atoms with Gasteiger partial charge in [0.1, 0.15) is 0 Å². The largest absolute Gasteiger partial charge is 0.481 e. The number of carboxylic acid groups (broad SMARTS) is 1. The lowest BCUT2D eigenvalue weighted by atomic mass is 9.82. The van der Waals surface area contributed by atoms with E-state index in [0.29, 0.717) is 11.3 Å². The molecule has 1 atom stereocenters. The Labute approximate surface area is 200 Å². The lowest BCUT2D eigenvalue weighted by Gasteiger charge is -2.33. The zero-order valence-electron chi connectivity index (χ0n) is 19.4. The highest BCUT2D eigenvalue weighted by Crippen LogP contribution is 2.36. The van der Waals surface area contributed by atoms with E-state index in [1.165, 1.54) is 6.20 Å². The van der Waals surface area contributed by atoms with Crippen LogP contribution in [0.25, 0.3) is 5.82 Å². The van der Waals surface area contributed by atoms with Crippen LogP contribution in [-0.2, 0) is 11.0 Å². The Kier molecular flexibility index (Phi) is 7.47. The van der Waals surface area contributed by atoms with Gasteiger partial charge in [-0.15, -0.1) is 0 Å². The van der Waals surface area contributed by atoms with E-state index in [9.17, 15) is 22.8 Å². The number of anilines is 1. The minimum atomic E-state index is -4.48. The monoisotopic (exact) mass is 489 g/mol. The molecule has 0 spiro atoms. The molecule has 186 valence electrons. The topological polar surface area (TPSA) is 109 Å². The number of benzene rings is 1. The van der Waals surface area contributed by atoms with Crippen LogP contribution in [0.2, 0.25) is 0 Å². The maximum absolute atomic E-state index is 12.8. The first kappa shape index (κ1) is 25.7. The summed E-state index contributed by atoms with van der Waals surface area (Å²) in [7, 11) is 0. The number of pyridine rings is 1. The van der Waals surface area contributed by atoms with Crippen LogP contribution in [0.1, 0.15) is 54.7 Å². The molecule has 2 aromatic heterocycles. The molecule has 3 aromatic rings. The van der Waals surface area contributed by atoms with E-state index in [4.69, 9.17) is 5.11 Å². The molecule has 35 heavy (non-hydrogen) atoms. The summed E-state index contributed by atoms with van der Waals surface area (Å²) >= 11 is 0. The maximum Gasteiger partial charge on any atom is 0.419 e. The van der Waals surface area contributed by atoms with Crippen molar-refractivity contribution in [3.63, 3.8) is 0 Å². The van der Waals surface area contributed by atoms with Crippen molar-refractivity contribution in [3.05, 3.63) is 71.7 Å². The number of alkyl halides is 3. The van der Waals surface area contributed by atoms with Gasteiger partial charge in [-0.05, 0) is 35.2 Å². The SMILES string of the molecule is CC(C)(C)[C@H](Nc1ccc(-n2cc(C(F)(F)F)cn2)nc1)c1ccc(C(=O)NCCC(=O)O)cc1. The number of carboxylic acids is 1. The molecule has 3 rings (SSSR count). The lowest BCUT2D eigenvalue weighted by Crippen LogP contribution is -2.27. The quantitative estimate of drug-likeness (QED) is 0.424. The van der Waals surface area contributed by atoms with Gasteiger partial charge in [0.2, 0.25) is 0 Å². The molecule has 2 heterocycles. The van der Waals surface area contributed by atoms with E-state index in [-0.39, 0.29) is 36.1 Å². The fourth-order valence-corrected chi connectivity index (χ4v) is 3.38. The number of nitrogens with one attached hydrogen (secondary N) is 2. The number of hydrogen-bond donors (Lipinski definition) is 3. The summed E-state index contributed by atoms with van der Waals surface area (Å²) in [6, 6.07) is 10.1. The van der Waals surface area contributed by atoms with E-state index in [1.54, 1.807) is 24.3 Å². The van der Waals surface area contributed by atoms with Gasteiger partial charge in [0.05, 0.1) is 36.1 Å². The molecular formula is C24H26F3N5O3. The third-order valence-electron chi connectivity index (χ3n) is 5.20. The first-order chi connectivity index (χ1) is 16.3. The zero-order valence-corrected chi connectivity index (χ0v) is 19.4. The molecule has 0 aliphatic heterocycles. The summed E-state index contributed by atoms with van der Waals surface area (Å²) in [5.74, 6) is -1.10. The van der Waals surface area contributed by atoms with Crippen LogP contribution in [0.5, 0.6) is 0 Å². The van der Waals surface area contributed by atoms with Crippen molar-refractivity contribution in [1.29, 1.82) is 0 Å². The van der Waals surface area contributed by atoms with Gasteiger partial charge in [-0.1, -0.05) is 32.9 Å². The highest BCUT2D eigenvalue weighted by Gasteiger charge is 2.32. The van der Waals surface area contributed by atoms with Gasteiger partial charge in [0.25, 0.3) is 5.91 Å². The van der Waals surface area contributed by atoms with Gasteiger partial charge < -0.3 is 15.7 Å². The first-order valence-corrected chi connectivity index (χ1v) is 10.8. The standard InChI is InChI=1S/C24H26F3N5O3/c1-23(2,3)21(15-4-6-16(7-5-15)22(35)28-11-10-20(33)34)31-18-8-9-19(29-13-18)32-14-17(12-30-32)24(25,26)27/h4-9,12-14,21,31H,10-11H2,1-3H3,(H,28,35)(H,33,34)/t21-/m1/s1. The molecular weight excluding hydrogens is 463 g/mol. The van der Waals surface area contributed by atoms with Crippen LogP contribution in [0.4, 0.5) is 18.9 Å². The normalized spacial score (nSPS) is 12.7. The van der Waals surface area contributed by atoms with Crippen molar-refractivity contribution in [2.24, 2.45) is 5.41 Å². The Morgan fingerprint density at radius 2 is 1.74 bits per heavy atom. The second-order valence-corrected chi connectivity index (χ2v) is 9.04. The Morgan fingerprint density at radius 1 is 1.06 bits per heavy atom. The molecule has 0 bridgehead atoms. The summed E-state index contributed by atoms with van der Waals surface area (Å²) < 4.78 is 39.5. The maximum atomic E-state index is 12.8. The highest BCUT2D eigenvalue weighted by molar-refractivity contribution is 5.94. The number of carbonyl (C=O) groups is 2. The number of aliphatic carboxylic acids is 1. The Hall–Kier alpha value is -3.89. The predicted octanol–water partition coefficient (Wildman–Crippen LogP) is 4.69. The molecule has 3 N–H and O–H groups in total. The van der Waals surface area contributed by atoms with Crippen LogP contribution >= 0.6 is 0 Å². The van der Waals surface area contributed by atoms with E-state index in [1.807, 2.05) is 32.9 Å². The van der Waals surface area contributed by atoms with Crippen LogP contribution in [-0.4, -0.2) is 38.3 Å². The molecule has 0 saturated carbocycles. The lowest BCUT2D eigenvalue weighted by molar-refractivity contribution is -0.138. The van der Waals surface area contributed by atoms with E-state index in [2.05, 4.69) is 20.7 Å². The predicted molar refractivity (Wildman–Crippen MR) is 123 cm³/mol. The molecule has 8 nitrogen and oxygen atoms in total. The van der Waals surface area contributed by atoms with Crippen molar-refractivity contribution in [2.45, 2.75) is 39.4 Å². The smallest absolute Gasteiger partial charge is 0.419 e. The second kappa shape index (κ2) is 10.2. The summed E-state index contributed by atoms with van der Waals surface area (Å²) in [4.78, 5) is 27.0. The molecule has 0 aliphatic carbocycles. The molecule has 0 aliphatic rings. The molecule has 1 aromatic carbocycles. The zero-order chi connectivity index (χ0) is 25.8. The van der Waals surface area contributed by atoms with Crippen LogP contribution in [0, 0.1) is 5.41 Å². The first-order valence-electron chi connectivity index (χ1n) is 10.8. The Balaban J connectivity index is 1.73. The molecule has 0 saturated heterocycles. The Bertz CT molecular complexity index is 1170. The minimum absolute atomic E-state index is 0.0428. The van der Waals surface area contributed by atoms with Gasteiger partial charge in [0.15, 0.2) is 5.82 Å². The summed E-state index contributed by atoms with van der Waals surface area (Å²) in [5.41, 5.74) is 0.884. The number of rotatable bonds is 8. The summed E-state index contributed by atoms with van der Waals surface area (Å²) in [6.07, 6.45) is -1.48. The van der Waals surface area contributed by atoms with E-state index >= 15 is 0 Å². The number of amides is 1. The number of halogens is 3. The molecule has 11 heteroatoms. The number of carbonyl (C=O) groups excluding carboxylic acids is 1. The van der Waals surface area contributed by atoms with Crippen molar-refractivity contribution >= 4 is 17.6 Å². The average molecular weight is 489 g/mol. The van der Waals surface area contributed by atoms with Crippen molar-refractivity contribution in [2.75, 3.05) is 11.9 Å². The van der Waals surface area contributed by atoms with E-state index in [0.717, 1.165) is 22.6 Å². The van der Waals surface area contributed by atoms with Crippen molar-refractivity contribution < 1.29 is 27.9 Å². The summed E-state index contributed by atoms with van der Waals surface area (Å²) in [5, 5.41) is 18.4. The molecule has 0 fully saturated rings. The molecule has 0 radical (unpaired) electrons. The van der Waals surface area contributed by atoms with Crippen LogP contribution in [0.15, 0.2) is 55.0 Å². The Morgan fingerprint density at radius 3 is 2.26 bits per heavy atom. The van der Waals surface area contributed by atoms with Crippen LogP contribution < -0.4 is 10.6 Å². The minimum Gasteiger partial charge on any atom is -0.481 e. The fourth-order valence-electron chi connectivity index (χ4n) is 3.38. The van der Waals surface area contributed by atoms with Gasteiger partial charge in [-0.25, -0.2) is 9.67 Å². The second-order valence-electron chi connectivity index (χ2n) is 9.04. The fraction of sp³-hybridized carbons (Fsp3) is 0.333. The van der Waals surface area contributed by atoms with Crippen LogP contribution in [0.3, 0.4) is 0 Å². The van der Waals surface area contributed by atoms with Gasteiger partial charge in [0, 0.05) is 18.3 Å². The summed E-state index contributed by atoms with van der Waals surface area (Å²) in [6.45, 7) is 6.17. The third kappa shape index (κ3) is 6.81. The van der Waals surface area contributed by atoms with Crippen molar-refractivity contribution in [1.82, 2.24) is 20.1 Å². The average Bonchev–Trinajstić information content (AvgIpc) is 3.28. The molecule has 1 amide bonds. The van der Waals surface area contributed by atoms with Gasteiger partial charge >= 0.3 is 12.1 Å².